The number of hydrogen-bond donors (Lipinski definition) is 0. The number of hydrogen-bond acceptors (Lipinski definition) is 2. The Balaban J connectivity index is 2.41. The van der Waals surface area contributed by atoms with E-state index in [1.165, 1.54) is 20.9 Å². The third-order valence-electron chi connectivity index (χ3n) is 3.76. The first-order valence-corrected chi connectivity index (χ1v) is 9.68. The van der Waals surface area contributed by atoms with Gasteiger partial charge in [0.15, 0.2) is 0 Å². The maximum atomic E-state index is 2.32. The second-order valence-corrected chi connectivity index (χ2v) is 8.10. The molecule has 0 aliphatic carbocycles. The van der Waals surface area contributed by atoms with Crippen LogP contribution in [0.3, 0.4) is 0 Å². The zero-order valence-corrected chi connectivity index (χ0v) is 15.1. The van der Waals surface area contributed by atoms with Crippen molar-refractivity contribution in [3.05, 3.63) is 59.7 Å². The first-order valence-electron chi connectivity index (χ1n) is 7.23. The highest BCUT2D eigenvalue weighted by molar-refractivity contribution is 7.98. The van der Waals surface area contributed by atoms with Crippen LogP contribution < -0.4 is 0 Å². The molecule has 0 nitrogen and oxygen atoms in total. The number of thioether (sulfide) groups is 2. The van der Waals surface area contributed by atoms with E-state index in [4.69, 9.17) is 0 Å². The Morgan fingerprint density at radius 2 is 1.00 bits per heavy atom. The molecule has 0 unspecified atom stereocenters. The van der Waals surface area contributed by atoms with Gasteiger partial charge < -0.3 is 0 Å². The SMILES string of the molecule is CSc1ccc(C(c2ccc(SC)cc2)C(C)(C)C)cc1. The summed E-state index contributed by atoms with van der Waals surface area (Å²) in [6.45, 7) is 6.97. The van der Waals surface area contributed by atoms with Crippen LogP contribution in [0.15, 0.2) is 58.3 Å². The molecule has 0 saturated heterocycles. The minimum absolute atomic E-state index is 0.196. The van der Waals surface area contributed by atoms with Crippen LogP contribution in [0.25, 0.3) is 0 Å². The van der Waals surface area contributed by atoms with Crippen molar-refractivity contribution >= 4 is 23.5 Å². The summed E-state index contributed by atoms with van der Waals surface area (Å²) in [4.78, 5) is 2.65. The van der Waals surface area contributed by atoms with E-state index in [0.717, 1.165) is 0 Å². The van der Waals surface area contributed by atoms with Gasteiger partial charge in [0.05, 0.1) is 0 Å². The Hall–Kier alpha value is -0.860. The molecule has 21 heavy (non-hydrogen) atoms. The zero-order chi connectivity index (χ0) is 15.5. The summed E-state index contributed by atoms with van der Waals surface area (Å²) in [6, 6.07) is 18.1. The molecule has 2 rings (SSSR count). The minimum Gasteiger partial charge on any atom is -0.130 e. The lowest BCUT2D eigenvalue weighted by atomic mass is 9.72. The average molecular weight is 317 g/mol. The molecule has 112 valence electrons. The second-order valence-electron chi connectivity index (χ2n) is 6.35. The maximum Gasteiger partial charge on any atom is 0.0138 e. The Morgan fingerprint density at radius 1 is 0.667 bits per heavy atom. The Labute approximate surface area is 137 Å². The molecule has 0 saturated carbocycles. The molecule has 0 amide bonds. The fourth-order valence-corrected chi connectivity index (χ4v) is 3.60. The number of rotatable bonds is 4. The molecule has 0 aliphatic heterocycles. The summed E-state index contributed by atoms with van der Waals surface area (Å²) in [6.07, 6.45) is 4.24. The Morgan fingerprint density at radius 3 is 1.24 bits per heavy atom. The fraction of sp³-hybridized carbons (Fsp3) is 0.368. The van der Waals surface area contributed by atoms with Crippen LogP contribution in [0.1, 0.15) is 37.8 Å². The zero-order valence-electron chi connectivity index (χ0n) is 13.5. The molecule has 0 radical (unpaired) electrons. The molecule has 0 fully saturated rings. The van der Waals surface area contributed by atoms with Crippen molar-refractivity contribution in [2.24, 2.45) is 5.41 Å². The first kappa shape index (κ1) is 16.5. The van der Waals surface area contributed by atoms with E-state index < -0.39 is 0 Å². The summed E-state index contributed by atoms with van der Waals surface area (Å²) in [5, 5.41) is 0. The van der Waals surface area contributed by atoms with Crippen LogP contribution in [0, 0.1) is 5.41 Å². The van der Waals surface area contributed by atoms with Crippen molar-refractivity contribution in [2.75, 3.05) is 12.5 Å². The topological polar surface area (TPSA) is 0 Å². The van der Waals surface area contributed by atoms with E-state index in [1.807, 2.05) is 0 Å². The minimum atomic E-state index is 0.196. The molecule has 0 spiro atoms. The molecule has 2 heteroatoms. The van der Waals surface area contributed by atoms with Gasteiger partial charge in [-0.1, -0.05) is 45.0 Å². The van der Waals surface area contributed by atoms with Crippen molar-refractivity contribution in [1.82, 2.24) is 0 Å². The van der Waals surface area contributed by atoms with Gasteiger partial charge in [-0.25, -0.2) is 0 Å². The van der Waals surface area contributed by atoms with Crippen molar-refractivity contribution in [3.8, 4) is 0 Å². The van der Waals surface area contributed by atoms with Crippen molar-refractivity contribution in [3.63, 3.8) is 0 Å². The van der Waals surface area contributed by atoms with E-state index in [-0.39, 0.29) is 5.41 Å². The molecule has 0 aliphatic rings. The van der Waals surface area contributed by atoms with Gasteiger partial charge in [0, 0.05) is 15.7 Å². The smallest absolute Gasteiger partial charge is 0.0138 e. The molecule has 0 heterocycles. The molecular weight excluding hydrogens is 292 g/mol. The summed E-state index contributed by atoms with van der Waals surface area (Å²) in [5.41, 5.74) is 3.00. The highest BCUT2D eigenvalue weighted by atomic mass is 32.2. The van der Waals surface area contributed by atoms with E-state index in [1.54, 1.807) is 23.5 Å². The molecule has 0 bridgehead atoms. The molecule has 0 aromatic heterocycles. The highest BCUT2D eigenvalue weighted by Gasteiger charge is 2.27. The van der Waals surface area contributed by atoms with Crippen LogP contribution in [-0.2, 0) is 0 Å². The fourth-order valence-electron chi connectivity index (χ4n) is 2.79. The monoisotopic (exact) mass is 316 g/mol. The van der Waals surface area contributed by atoms with Crippen molar-refractivity contribution in [1.29, 1.82) is 0 Å². The van der Waals surface area contributed by atoms with Crippen LogP contribution in [0.5, 0.6) is 0 Å². The lowest BCUT2D eigenvalue weighted by Gasteiger charge is -2.32. The van der Waals surface area contributed by atoms with E-state index >= 15 is 0 Å². The summed E-state index contributed by atoms with van der Waals surface area (Å²) < 4.78 is 0. The molecule has 2 aromatic rings. The van der Waals surface area contributed by atoms with E-state index in [9.17, 15) is 0 Å². The third-order valence-corrected chi connectivity index (χ3v) is 5.25. The third kappa shape index (κ3) is 4.08. The largest absolute Gasteiger partial charge is 0.130 e. The van der Waals surface area contributed by atoms with Crippen LogP contribution in [-0.4, -0.2) is 12.5 Å². The Bertz CT molecular complexity index is 515. The van der Waals surface area contributed by atoms with E-state index in [0.29, 0.717) is 5.92 Å². The van der Waals surface area contributed by atoms with E-state index in [2.05, 4.69) is 81.8 Å². The van der Waals surface area contributed by atoms with Gasteiger partial charge in [-0.05, 0) is 53.3 Å². The summed E-state index contributed by atoms with van der Waals surface area (Å²) >= 11 is 3.59. The highest BCUT2D eigenvalue weighted by Crippen LogP contribution is 2.41. The standard InChI is InChI=1S/C19H24S2/c1-19(2,3)18(14-6-10-16(20-4)11-7-14)15-8-12-17(21-5)13-9-15/h6-13,18H,1-5H3. The Kier molecular flexibility index (Phi) is 5.45. The lowest BCUT2D eigenvalue weighted by Crippen LogP contribution is -2.19. The predicted molar refractivity (Wildman–Crippen MR) is 97.7 cm³/mol. The van der Waals surface area contributed by atoms with Gasteiger partial charge >= 0.3 is 0 Å². The van der Waals surface area contributed by atoms with Crippen LogP contribution >= 0.6 is 23.5 Å². The second kappa shape index (κ2) is 6.93. The van der Waals surface area contributed by atoms with Gasteiger partial charge in [0.2, 0.25) is 0 Å². The van der Waals surface area contributed by atoms with Crippen molar-refractivity contribution in [2.45, 2.75) is 36.5 Å². The summed E-state index contributed by atoms with van der Waals surface area (Å²) in [7, 11) is 0. The van der Waals surface area contributed by atoms with Gasteiger partial charge in [-0.3, -0.25) is 0 Å². The van der Waals surface area contributed by atoms with Gasteiger partial charge in [0.25, 0.3) is 0 Å². The normalized spacial score (nSPS) is 11.9. The first-order chi connectivity index (χ1) is 9.95. The van der Waals surface area contributed by atoms with Crippen molar-refractivity contribution < 1.29 is 0 Å². The molecule has 2 aromatic carbocycles. The maximum absolute atomic E-state index is 2.32. The lowest BCUT2D eigenvalue weighted by molar-refractivity contribution is 0.358. The molecule has 0 N–H and O–H groups in total. The van der Waals surface area contributed by atoms with Gasteiger partial charge in [-0.15, -0.1) is 23.5 Å². The average Bonchev–Trinajstić information content (AvgIpc) is 2.47. The van der Waals surface area contributed by atoms with Gasteiger partial charge in [0.1, 0.15) is 0 Å². The predicted octanol–water partition coefficient (Wildman–Crippen LogP) is 6.31. The number of benzene rings is 2. The summed E-state index contributed by atoms with van der Waals surface area (Å²) in [5.74, 6) is 0.421. The van der Waals surface area contributed by atoms with Crippen LogP contribution in [0.4, 0.5) is 0 Å². The molecule has 0 atom stereocenters. The van der Waals surface area contributed by atoms with Gasteiger partial charge in [-0.2, -0.15) is 0 Å². The van der Waals surface area contributed by atoms with Crippen LogP contribution in [0.2, 0.25) is 0 Å². The quantitative estimate of drug-likeness (QED) is 0.606. The molecular formula is C19H24S2.